The molecule has 0 saturated heterocycles. The first-order valence-corrected chi connectivity index (χ1v) is 10.8. The maximum atomic E-state index is 12.9. The second-order valence-electron chi connectivity index (χ2n) is 5.91. The number of benzene rings is 3. The first-order valence-electron chi connectivity index (χ1n) is 8.17. The molecule has 29 heavy (non-hydrogen) atoms. The van der Waals surface area contributed by atoms with E-state index in [1.54, 1.807) is 48.5 Å². The predicted octanol–water partition coefficient (Wildman–Crippen LogP) is 5.48. The van der Waals surface area contributed by atoms with Crippen molar-refractivity contribution in [3.63, 3.8) is 0 Å². The number of hydrogen-bond donors (Lipinski definition) is 3. The smallest absolute Gasteiger partial charge is 0.264 e. The van der Waals surface area contributed by atoms with Gasteiger partial charge in [-0.25, -0.2) is 8.42 Å². The van der Waals surface area contributed by atoms with Gasteiger partial charge in [0.2, 0.25) is 0 Å². The van der Waals surface area contributed by atoms with Crippen molar-refractivity contribution in [3.05, 3.63) is 81.3 Å². The zero-order chi connectivity index (χ0) is 21.0. The van der Waals surface area contributed by atoms with E-state index >= 15 is 0 Å². The van der Waals surface area contributed by atoms with Crippen LogP contribution in [0.25, 0.3) is 0 Å². The molecule has 0 saturated carbocycles. The molecule has 0 radical (unpaired) electrons. The third kappa shape index (κ3) is 5.55. The summed E-state index contributed by atoms with van der Waals surface area (Å²) in [7, 11) is -3.99. The number of para-hydroxylation sites is 1. The fourth-order valence-corrected chi connectivity index (χ4v) is 4.48. The Kier molecular flexibility index (Phi) is 6.54. The highest BCUT2D eigenvalue weighted by molar-refractivity contribution is 7.93. The van der Waals surface area contributed by atoms with Gasteiger partial charge >= 0.3 is 0 Å². The lowest BCUT2D eigenvalue weighted by atomic mass is 10.2. The Balaban J connectivity index is 1.89. The number of rotatable bonds is 6. The van der Waals surface area contributed by atoms with Crippen molar-refractivity contribution in [2.75, 3.05) is 15.9 Å². The van der Waals surface area contributed by atoms with Crippen LogP contribution in [0.3, 0.4) is 0 Å². The zero-order valence-electron chi connectivity index (χ0n) is 14.7. The minimum absolute atomic E-state index is 0.0845. The van der Waals surface area contributed by atoms with E-state index in [2.05, 4.69) is 15.2 Å². The molecule has 3 aromatic rings. The van der Waals surface area contributed by atoms with Crippen LogP contribution in [0.5, 0.6) is 0 Å². The number of hydrogen-bond acceptors (Lipinski definition) is 5. The highest BCUT2D eigenvalue weighted by atomic mass is 35.5. The number of hydrazone groups is 1. The molecule has 0 aromatic heterocycles. The van der Waals surface area contributed by atoms with Gasteiger partial charge in [-0.3, -0.25) is 10.1 Å². The summed E-state index contributed by atoms with van der Waals surface area (Å²) in [6, 6.07) is 15.8. The van der Waals surface area contributed by atoms with Crippen LogP contribution in [0.2, 0.25) is 15.1 Å². The third-order valence-corrected chi connectivity index (χ3v) is 5.87. The lowest BCUT2D eigenvalue weighted by molar-refractivity contribution is 0.601. The van der Waals surface area contributed by atoms with Crippen molar-refractivity contribution in [1.82, 2.24) is 0 Å². The number of anilines is 3. The second-order valence-corrected chi connectivity index (χ2v) is 8.84. The van der Waals surface area contributed by atoms with Crippen LogP contribution in [-0.2, 0) is 10.0 Å². The van der Waals surface area contributed by atoms with Gasteiger partial charge < -0.3 is 5.73 Å². The van der Waals surface area contributed by atoms with E-state index in [0.29, 0.717) is 15.6 Å². The number of sulfonamides is 1. The number of nitrogens with zero attached hydrogens (tertiary/aromatic N) is 1. The molecule has 3 rings (SSSR count). The molecular formula is C19H15Cl3N4O2S. The molecule has 0 bridgehead atoms. The topological polar surface area (TPSA) is 96.6 Å². The van der Waals surface area contributed by atoms with E-state index in [9.17, 15) is 8.42 Å². The maximum Gasteiger partial charge on any atom is 0.264 e. The molecule has 0 atom stereocenters. The molecule has 4 N–H and O–H groups in total. The molecule has 3 aromatic carbocycles. The molecule has 0 spiro atoms. The van der Waals surface area contributed by atoms with Gasteiger partial charge in [0.1, 0.15) is 4.90 Å². The van der Waals surface area contributed by atoms with Gasteiger partial charge in [0, 0.05) is 15.7 Å². The van der Waals surface area contributed by atoms with E-state index in [-0.39, 0.29) is 27.0 Å². The average Bonchev–Trinajstić information content (AvgIpc) is 2.64. The molecule has 0 unspecified atom stereocenters. The molecule has 10 heteroatoms. The minimum atomic E-state index is -3.99. The van der Waals surface area contributed by atoms with Crippen LogP contribution in [0.15, 0.2) is 70.7 Å². The zero-order valence-corrected chi connectivity index (χ0v) is 17.8. The van der Waals surface area contributed by atoms with E-state index in [4.69, 9.17) is 40.5 Å². The van der Waals surface area contributed by atoms with E-state index in [0.717, 1.165) is 0 Å². The summed E-state index contributed by atoms with van der Waals surface area (Å²) in [5.74, 6) is 0. The predicted molar refractivity (Wildman–Crippen MR) is 121 cm³/mol. The lowest BCUT2D eigenvalue weighted by Crippen LogP contribution is -2.15. The number of nitrogen functional groups attached to an aromatic ring is 1. The summed E-state index contributed by atoms with van der Waals surface area (Å²) >= 11 is 18.0. The molecule has 150 valence electrons. The Morgan fingerprint density at radius 1 is 0.897 bits per heavy atom. The fraction of sp³-hybridized carbons (Fsp3) is 0. The Morgan fingerprint density at radius 3 is 2.28 bits per heavy atom. The molecular weight excluding hydrogens is 455 g/mol. The minimum Gasteiger partial charge on any atom is -0.399 e. The van der Waals surface area contributed by atoms with Crippen LogP contribution in [-0.4, -0.2) is 14.6 Å². The Morgan fingerprint density at radius 2 is 1.59 bits per heavy atom. The van der Waals surface area contributed by atoms with Gasteiger partial charge in [0.15, 0.2) is 0 Å². The molecule has 0 amide bonds. The summed E-state index contributed by atoms with van der Waals surface area (Å²) < 4.78 is 28.2. The van der Waals surface area contributed by atoms with Gasteiger partial charge in [-0.1, -0.05) is 46.9 Å². The van der Waals surface area contributed by atoms with Crippen molar-refractivity contribution in [2.24, 2.45) is 5.10 Å². The molecule has 0 aliphatic carbocycles. The van der Waals surface area contributed by atoms with E-state index < -0.39 is 10.0 Å². The van der Waals surface area contributed by atoms with Gasteiger partial charge in [-0.2, -0.15) is 5.10 Å². The molecule has 0 aliphatic rings. The van der Waals surface area contributed by atoms with Crippen LogP contribution in [0.4, 0.5) is 17.1 Å². The Bertz CT molecular complexity index is 1160. The lowest BCUT2D eigenvalue weighted by Gasteiger charge is -2.13. The summed E-state index contributed by atoms with van der Waals surface area (Å²) in [4.78, 5) is -0.0845. The van der Waals surface area contributed by atoms with Crippen molar-refractivity contribution >= 4 is 68.1 Å². The fourth-order valence-electron chi connectivity index (χ4n) is 2.42. The first kappa shape index (κ1) is 21.3. The van der Waals surface area contributed by atoms with E-state index in [1.165, 1.54) is 18.3 Å². The van der Waals surface area contributed by atoms with Crippen LogP contribution < -0.4 is 15.9 Å². The first-order chi connectivity index (χ1) is 13.7. The summed E-state index contributed by atoms with van der Waals surface area (Å²) in [5, 5.41) is 5.25. The summed E-state index contributed by atoms with van der Waals surface area (Å²) in [6.07, 6.45) is 1.46. The quantitative estimate of drug-likeness (QED) is 0.253. The van der Waals surface area contributed by atoms with Gasteiger partial charge in [0.25, 0.3) is 10.0 Å². The van der Waals surface area contributed by atoms with Gasteiger partial charge in [-0.15, -0.1) is 0 Å². The van der Waals surface area contributed by atoms with Gasteiger partial charge in [0.05, 0.1) is 22.6 Å². The second kappa shape index (κ2) is 8.92. The molecule has 6 nitrogen and oxygen atoms in total. The molecule has 0 heterocycles. The van der Waals surface area contributed by atoms with E-state index in [1.807, 2.05) is 0 Å². The van der Waals surface area contributed by atoms with Crippen molar-refractivity contribution < 1.29 is 8.42 Å². The Hall–Kier alpha value is -2.45. The molecule has 0 fully saturated rings. The largest absolute Gasteiger partial charge is 0.399 e. The van der Waals surface area contributed by atoms with Crippen LogP contribution in [0, 0.1) is 0 Å². The van der Waals surface area contributed by atoms with Crippen LogP contribution in [0.1, 0.15) is 5.56 Å². The highest BCUT2D eigenvalue weighted by Gasteiger charge is 2.20. The Labute approximate surface area is 183 Å². The molecule has 0 aliphatic heterocycles. The number of nitrogens with one attached hydrogen (secondary N) is 2. The summed E-state index contributed by atoms with van der Waals surface area (Å²) in [6.45, 7) is 0. The standard InChI is InChI=1S/C19H15Cl3N4O2S/c20-13-7-12(8-14(21)9-13)11-24-25-18-6-5-15(23)10-19(18)29(27,28)26-17-4-2-1-3-16(17)22/h1-11,25-26H,23H2/b24-11+. The van der Waals surface area contributed by atoms with Crippen molar-refractivity contribution in [1.29, 1.82) is 0 Å². The van der Waals surface area contributed by atoms with Crippen molar-refractivity contribution in [2.45, 2.75) is 4.90 Å². The van der Waals surface area contributed by atoms with Gasteiger partial charge in [-0.05, 0) is 54.1 Å². The number of nitrogens with two attached hydrogens (primary N) is 1. The third-order valence-electron chi connectivity index (χ3n) is 3.70. The monoisotopic (exact) mass is 468 g/mol. The van der Waals surface area contributed by atoms with Crippen molar-refractivity contribution in [3.8, 4) is 0 Å². The normalized spacial score (nSPS) is 11.6. The average molecular weight is 470 g/mol. The number of halogens is 3. The highest BCUT2D eigenvalue weighted by Crippen LogP contribution is 2.29. The SMILES string of the molecule is Nc1ccc(N/N=C/c2cc(Cl)cc(Cl)c2)c(S(=O)(=O)Nc2ccccc2Cl)c1. The van der Waals surface area contributed by atoms with Crippen LogP contribution >= 0.6 is 34.8 Å². The summed E-state index contributed by atoms with van der Waals surface area (Å²) in [5.41, 5.74) is 9.89. The maximum absolute atomic E-state index is 12.9.